The summed E-state index contributed by atoms with van der Waals surface area (Å²) in [5.74, 6) is 0.839. The number of benzene rings is 2. The molecule has 0 bridgehead atoms. The second-order valence-corrected chi connectivity index (χ2v) is 5.07. The highest BCUT2D eigenvalue weighted by Gasteiger charge is 2.05. The minimum atomic E-state index is -0.551. The van der Waals surface area contributed by atoms with Crippen molar-refractivity contribution in [2.45, 2.75) is 6.92 Å². The second-order valence-electron chi connectivity index (χ2n) is 5.07. The van der Waals surface area contributed by atoms with Gasteiger partial charge in [-0.15, -0.1) is 0 Å². The fraction of sp³-hybridized carbons (Fsp3) is 0.158. The summed E-state index contributed by atoms with van der Waals surface area (Å²) in [5, 5.41) is 2.63. The fourth-order valence-electron chi connectivity index (χ4n) is 2.12. The standard InChI is InChI=1S/C19H19NO5/c1-13(21)20-15-5-4-6-17(12-15)25-19(22)10-7-14-11-16(23-2)8-9-18(14)24-3/h4-12H,1-3H3,(H,20,21)/b10-7+. The Morgan fingerprint density at radius 3 is 2.48 bits per heavy atom. The van der Waals surface area contributed by atoms with Crippen LogP contribution < -0.4 is 19.5 Å². The highest BCUT2D eigenvalue weighted by molar-refractivity contribution is 5.90. The molecule has 0 saturated heterocycles. The summed E-state index contributed by atoms with van der Waals surface area (Å²) >= 11 is 0. The molecule has 0 saturated carbocycles. The first-order valence-electron chi connectivity index (χ1n) is 7.51. The molecule has 0 radical (unpaired) electrons. The van der Waals surface area contributed by atoms with E-state index in [1.807, 2.05) is 0 Å². The maximum absolute atomic E-state index is 12.0. The van der Waals surface area contributed by atoms with E-state index >= 15 is 0 Å². The van der Waals surface area contributed by atoms with Crippen molar-refractivity contribution < 1.29 is 23.8 Å². The monoisotopic (exact) mass is 341 g/mol. The fourth-order valence-corrected chi connectivity index (χ4v) is 2.12. The van der Waals surface area contributed by atoms with Gasteiger partial charge in [-0.05, 0) is 36.4 Å². The summed E-state index contributed by atoms with van der Waals surface area (Å²) in [6, 6.07) is 11.9. The molecule has 1 N–H and O–H groups in total. The molecule has 0 fully saturated rings. The summed E-state index contributed by atoms with van der Waals surface area (Å²) in [6.07, 6.45) is 2.88. The molecule has 2 rings (SSSR count). The average Bonchev–Trinajstić information content (AvgIpc) is 2.59. The molecule has 1 amide bonds. The molecule has 0 heterocycles. The predicted octanol–water partition coefficient (Wildman–Crippen LogP) is 3.28. The number of carbonyl (C=O) groups is 2. The molecule has 0 aromatic heterocycles. The molecular formula is C19H19NO5. The van der Waals surface area contributed by atoms with Gasteiger partial charge in [-0.1, -0.05) is 6.07 Å². The Balaban J connectivity index is 2.10. The Morgan fingerprint density at radius 1 is 1.00 bits per heavy atom. The van der Waals surface area contributed by atoms with Gasteiger partial charge in [-0.3, -0.25) is 4.79 Å². The maximum atomic E-state index is 12.0. The third-order valence-electron chi connectivity index (χ3n) is 3.21. The van der Waals surface area contributed by atoms with Gasteiger partial charge in [0.05, 0.1) is 14.2 Å². The van der Waals surface area contributed by atoms with Gasteiger partial charge in [0.1, 0.15) is 17.2 Å². The Hall–Kier alpha value is -3.28. The van der Waals surface area contributed by atoms with Crippen LogP contribution in [0, 0.1) is 0 Å². The zero-order chi connectivity index (χ0) is 18.2. The van der Waals surface area contributed by atoms with Gasteiger partial charge < -0.3 is 19.5 Å². The molecule has 2 aromatic rings. The van der Waals surface area contributed by atoms with Crippen LogP contribution in [0.15, 0.2) is 48.5 Å². The van der Waals surface area contributed by atoms with Crippen molar-refractivity contribution in [2.75, 3.05) is 19.5 Å². The molecule has 0 spiro atoms. The lowest BCUT2D eigenvalue weighted by molar-refractivity contribution is -0.128. The Bertz CT molecular complexity index is 798. The van der Waals surface area contributed by atoms with Crippen LogP contribution in [0.25, 0.3) is 6.08 Å². The van der Waals surface area contributed by atoms with Crippen LogP contribution in [0.2, 0.25) is 0 Å². The topological polar surface area (TPSA) is 73.9 Å². The largest absolute Gasteiger partial charge is 0.497 e. The van der Waals surface area contributed by atoms with Gasteiger partial charge in [0, 0.05) is 30.3 Å². The summed E-state index contributed by atoms with van der Waals surface area (Å²) in [5.41, 5.74) is 1.24. The Kier molecular flexibility index (Phi) is 6.17. The van der Waals surface area contributed by atoms with Crippen LogP contribution in [-0.4, -0.2) is 26.1 Å². The van der Waals surface area contributed by atoms with E-state index in [2.05, 4.69) is 5.32 Å². The zero-order valence-corrected chi connectivity index (χ0v) is 14.2. The molecule has 0 unspecified atom stereocenters. The van der Waals surface area contributed by atoms with Crippen molar-refractivity contribution in [3.63, 3.8) is 0 Å². The van der Waals surface area contributed by atoms with Crippen molar-refractivity contribution in [2.24, 2.45) is 0 Å². The second kappa shape index (κ2) is 8.54. The Morgan fingerprint density at radius 2 is 1.80 bits per heavy atom. The molecular weight excluding hydrogens is 322 g/mol. The minimum absolute atomic E-state index is 0.200. The van der Waals surface area contributed by atoms with Crippen molar-refractivity contribution in [3.05, 3.63) is 54.1 Å². The number of methoxy groups -OCH3 is 2. The van der Waals surface area contributed by atoms with E-state index in [1.54, 1.807) is 62.8 Å². The van der Waals surface area contributed by atoms with Crippen LogP contribution >= 0.6 is 0 Å². The number of carbonyl (C=O) groups excluding carboxylic acids is 2. The number of esters is 1. The van der Waals surface area contributed by atoms with E-state index in [9.17, 15) is 9.59 Å². The third kappa shape index (κ3) is 5.39. The van der Waals surface area contributed by atoms with Crippen molar-refractivity contribution >= 4 is 23.6 Å². The van der Waals surface area contributed by atoms with E-state index in [1.165, 1.54) is 13.0 Å². The number of nitrogens with one attached hydrogen (secondary N) is 1. The van der Waals surface area contributed by atoms with Gasteiger partial charge in [0.2, 0.25) is 5.91 Å². The lowest BCUT2D eigenvalue weighted by Gasteiger charge is -2.07. The van der Waals surface area contributed by atoms with Crippen LogP contribution in [0.3, 0.4) is 0 Å². The number of hydrogen-bond donors (Lipinski definition) is 1. The van der Waals surface area contributed by atoms with Crippen LogP contribution in [0.4, 0.5) is 5.69 Å². The maximum Gasteiger partial charge on any atom is 0.336 e. The third-order valence-corrected chi connectivity index (χ3v) is 3.21. The van der Waals surface area contributed by atoms with Crippen molar-refractivity contribution in [3.8, 4) is 17.2 Å². The van der Waals surface area contributed by atoms with Gasteiger partial charge in [0.15, 0.2) is 0 Å². The van der Waals surface area contributed by atoms with E-state index in [0.717, 1.165) is 0 Å². The van der Waals surface area contributed by atoms with Crippen LogP contribution in [0.1, 0.15) is 12.5 Å². The molecule has 0 aliphatic heterocycles. The summed E-state index contributed by atoms with van der Waals surface area (Å²) < 4.78 is 15.6. The smallest absolute Gasteiger partial charge is 0.336 e. The molecule has 6 heteroatoms. The number of ether oxygens (including phenoxy) is 3. The van der Waals surface area contributed by atoms with E-state index in [-0.39, 0.29) is 5.91 Å². The van der Waals surface area contributed by atoms with E-state index in [0.29, 0.717) is 28.5 Å². The van der Waals surface area contributed by atoms with Crippen molar-refractivity contribution in [1.29, 1.82) is 0 Å². The first-order valence-corrected chi connectivity index (χ1v) is 7.51. The van der Waals surface area contributed by atoms with Gasteiger partial charge >= 0.3 is 5.97 Å². The molecule has 130 valence electrons. The predicted molar refractivity (Wildman–Crippen MR) is 95.0 cm³/mol. The Labute approximate surface area is 146 Å². The lowest BCUT2D eigenvalue weighted by atomic mass is 10.1. The summed E-state index contributed by atoms with van der Waals surface area (Å²) in [6.45, 7) is 1.41. The highest BCUT2D eigenvalue weighted by atomic mass is 16.5. The SMILES string of the molecule is COc1ccc(OC)c(/C=C/C(=O)Oc2cccc(NC(C)=O)c2)c1. The van der Waals surface area contributed by atoms with Crippen LogP contribution in [0.5, 0.6) is 17.2 Å². The highest BCUT2D eigenvalue weighted by Crippen LogP contribution is 2.25. The number of rotatable bonds is 6. The molecule has 2 aromatic carbocycles. The molecule has 6 nitrogen and oxygen atoms in total. The molecule has 0 aliphatic rings. The number of hydrogen-bond acceptors (Lipinski definition) is 5. The van der Waals surface area contributed by atoms with Crippen molar-refractivity contribution in [1.82, 2.24) is 0 Å². The van der Waals surface area contributed by atoms with E-state index in [4.69, 9.17) is 14.2 Å². The first kappa shape index (κ1) is 18.1. The van der Waals surface area contributed by atoms with Gasteiger partial charge in [-0.25, -0.2) is 4.79 Å². The molecule has 0 atom stereocenters. The normalized spacial score (nSPS) is 10.4. The quantitative estimate of drug-likeness (QED) is 0.496. The summed E-state index contributed by atoms with van der Waals surface area (Å²) in [7, 11) is 3.11. The lowest BCUT2D eigenvalue weighted by Crippen LogP contribution is -2.07. The van der Waals surface area contributed by atoms with Gasteiger partial charge in [-0.2, -0.15) is 0 Å². The van der Waals surface area contributed by atoms with E-state index < -0.39 is 5.97 Å². The number of amides is 1. The van der Waals surface area contributed by atoms with Gasteiger partial charge in [0.25, 0.3) is 0 Å². The zero-order valence-electron chi connectivity index (χ0n) is 14.2. The summed E-state index contributed by atoms with van der Waals surface area (Å²) in [4.78, 5) is 23.1. The van der Waals surface area contributed by atoms with Crippen LogP contribution in [-0.2, 0) is 9.59 Å². The molecule has 25 heavy (non-hydrogen) atoms. The first-order chi connectivity index (χ1) is 12.0. The average molecular weight is 341 g/mol. The molecule has 0 aliphatic carbocycles. The number of anilines is 1. The minimum Gasteiger partial charge on any atom is -0.497 e.